The van der Waals surface area contributed by atoms with Crippen LogP contribution in [0.1, 0.15) is 31.2 Å². The maximum Gasteiger partial charge on any atom is 0.412 e. The molecular formula is C27H32N2O8S. The zero-order valence-corrected chi connectivity index (χ0v) is 21.8. The first-order valence-electron chi connectivity index (χ1n) is 12.4. The summed E-state index contributed by atoms with van der Waals surface area (Å²) in [6, 6.07) is 15.2. The second kappa shape index (κ2) is 12.4. The largest absolute Gasteiger partial charge is 0.497 e. The third-order valence-corrected chi connectivity index (χ3v) is 8.03. The Balaban J connectivity index is 1.70. The number of rotatable bonds is 12. The summed E-state index contributed by atoms with van der Waals surface area (Å²) in [5, 5.41) is 21.8. The molecule has 0 bridgehead atoms. The summed E-state index contributed by atoms with van der Waals surface area (Å²) in [6.07, 6.45) is 1.33. The molecule has 3 aromatic rings. The Morgan fingerprint density at radius 2 is 1.79 bits per heavy atom. The van der Waals surface area contributed by atoms with Gasteiger partial charge >= 0.3 is 6.09 Å². The van der Waals surface area contributed by atoms with E-state index in [0.717, 1.165) is 23.3 Å². The van der Waals surface area contributed by atoms with Gasteiger partial charge in [0.2, 0.25) is 10.0 Å². The smallest absolute Gasteiger partial charge is 0.412 e. The minimum Gasteiger partial charge on any atom is -0.497 e. The summed E-state index contributed by atoms with van der Waals surface area (Å²) >= 11 is 0. The van der Waals surface area contributed by atoms with Gasteiger partial charge in [0.25, 0.3) is 0 Å². The molecule has 1 aliphatic carbocycles. The summed E-state index contributed by atoms with van der Waals surface area (Å²) in [5.74, 6) is 0.489. The molecule has 204 valence electrons. The number of carbonyl (C=O) groups is 1. The molecule has 0 aliphatic heterocycles. The fourth-order valence-electron chi connectivity index (χ4n) is 4.65. The van der Waals surface area contributed by atoms with Crippen LogP contribution in [0.2, 0.25) is 0 Å². The summed E-state index contributed by atoms with van der Waals surface area (Å²) in [7, 11) is -2.68. The molecule has 1 amide bonds. The molecule has 3 N–H and O–H groups in total. The van der Waals surface area contributed by atoms with Gasteiger partial charge in [-0.1, -0.05) is 43.2 Å². The highest BCUT2D eigenvalue weighted by atomic mass is 32.2. The summed E-state index contributed by atoms with van der Waals surface area (Å²) < 4.78 is 45.5. The number of methoxy groups -OCH3 is 1. The number of sulfonamides is 1. The average molecular weight is 545 g/mol. The molecule has 1 saturated carbocycles. The Kier molecular flexibility index (Phi) is 9.05. The number of furan rings is 1. The Bertz CT molecular complexity index is 1260. The molecule has 0 radical (unpaired) electrons. The number of amides is 1. The average Bonchev–Trinajstić information content (AvgIpc) is 3.63. The summed E-state index contributed by atoms with van der Waals surface area (Å²) in [5.41, 5.74) is 0.957. The zero-order valence-electron chi connectivity index (χ0n) is 21.0. The number of anilines is 1. The molecule has 4 rings (SSSR count). The molecule has 2 aromatic carbocycles. The van der Waals surface area contributed by atoms with E-state index in [1.165, 1.54) is 50.0 Å². The Morgan fingerprint density at radius 3 is 2.37 bits per heavy atom. The first kappa shape index (κ1) is 27.6. The van der Waals surface area contributed by atoms with Crippen molar-refractivity contribution in [1.29, 1.82) is 0 Å². The van der Waals surface area contributed by atoms with E-state index in [0.29, 0.717) is 18.6 Å². The molecule has 38 heavy (non-hydrogen) atoms. The number of nitrogens with one attached hydrogen (secondary N) is 1. The van der Waals surface area contributed by atoms with E-state index in [-0.39, 0.29) is 23.1 Å². The molecule has 1 unspecified atom stereocenters. The first-order chi connectivity index (χ1) is 18.3. The number of hydrogen-bond donors (Lipinski definition) is 3. The fourth-order valence-corrected chi connectivity index (χ4v) is 5.78. The van der Waals surface area contributed by atoms with Crippen molar-refractivity contribution in [3.63, 3.8) is 0 Å². The highest BCUT2D eigenvalue weighted by Gasteiger charge is 2.40. The highest BCUT2D eigenvalue weighted by molar-refractivity contribution is 7.89. The molecule has 11 heteroatoms. The molecule has 10 nitrogen and oxygen atoms in total. The Labute approximate surface area is 221 Å². The predicted molar refractivity (Wildman–Crippen MR) is 140 cm³/mol. The zero-order chi connectivity index (χ0) is 27.1. The van der Waals surface area contributed by atoms with Gasteiger partial charge in [-0.3, -0.25) is 4.90 Å². The highest BCUT2D eigenvalue weighted by Crippen LogP contribution is 2.28. The molecule has 3 atom stereocenters. The van der Waals surface area contributed by atoms with Gasteiger partial charge in [0.15, 0.2) is 0 Å². The number of hydrogen-bond acceptors (Lipinski definition) is 7. The lowest BCUT2D eigenvalue weighted by Gasteiger charge is -2.37. The van der Waals surface area contributed by atoms with E-state index in [4.69, 9.17) is 13.9 Å². The monoisotopic (exact) mass is 544 g/mol. The fraction of sp³-hybridized carbons (Fsp3) is 0.370. The topological polar surface area (TPSA) is 139 Å². The van der Waals surface area contributed by atoms with Gasteiger partial charge in [-0.25, -0.2) is 13.2 Å². The second-order valence-electron chi connectivity index (χ2n) is 9.14. The van der Waals surface area contributed by atoms with E-state index >= 15 is 0 Å². The normalized spacial score (nSPS) is 16.6. The van der Waals surface area contributed by atoms with Crippen molar-refractivity contribution < 1.29 is 37.3 Å². The Morgan fingerprint density at radius 1 is 1.11 bits per heavy atom. The van der Waals surface area contributed by atoms with Crippen molar-refractivity contribution >= 4 is 21.8 Å². The Hall–Kier alpha value is -3.38. The lowest BCUT2D eigenvalue weighted by molar-refractivity contribution is -0.0870. The molecular weight excluding hydrogens is 512 g/mol. The molecule has 1 fully saturated rings. The van der Waals surface area contributed by atoms with E-state index in [1.807, 2.05) is 18.2 Å². The quantitative estimate of drug-likeness (QED) is 0.291. The maximum absolute atomic E-state index is 13.3. The second-order valence-corrected chi connectivity index (χ2v) is 10.9. The molecule has 1 aromatic heterocycles. The van der Waals surface area contributed by atoms with Crippen molar-refractivity contribution in [1.82, 2.24) is 4.72 Å². The number of benzene rings is 2. The molecule has 0 saturated heterocycles. The lowest BCUT2D eigenvalue weighted by Crippen LogP contribution is -2.58. The van der Waals surface area contributed by atoms with E-state index in [1.54, 1.807) is 12.1 Å². The van der Waals surface area contributed by atoms with Crippen LogP contribution < -0.4 is 14.4 Å². The van der Waals surface area contributed by atoms with Crippen molar-refractivity contribution in [2.24, 2.45) is 0 Å². The van der Waals surface area contributed by atoms with Crippen LogP contribution in [0.25, 0.3) is 0 Å². The number of aliphatic hydroxyl groups excluding tert-OH is 1. The van der Waals surface area contributed by atoms with Gasteiger partial charge in [-0.2, -0.15) is 4.72 Å². The SMILES string of the molecule is COc1ccc(S(=O)(=O)NC(OC2CCCC2)[C@H](O)[C@H](Cc2ccccc2)N(C(=O)O)c2ccoc2)cc1. The van der Waals surface area contributed by atoms with Crippen LogP contribution in [-0.2, 0) is 21.2 Å². The van der Waals surface area contributed by atoms with Crippen LogP contribution in [0.15, 0.2) is 82.5 Å². The van der Waals surface area contributed by atoms with Crippen LogP contribution in [0.3, 0.4) is 0 Å². The molecule has 1 heterocycles. The van der Waals surface area contributed by atoms with E-state index in [2.05, 4.69) is 4.72 Å². The molecule has 1 aliphatic rings. The standard InChI is InChI=1S/C27H32N2O8S/c1-35-21-11-13-23(14-12-21)38(33,34)28-26(37-22-9-5-6-10-22)25(30)24(17-19-7-3-2-4-8-19)29(27(31)32)20-15-16-36-18-20/h2-4,7-8,11-16,18,22,24-26,28,30H,5-6,9-10,17H2,1H3,(H,31,32)/t24-,25+,26?/m0/s1. The van der Waals surface area contributed by atoms with Gasteiger partial charge in [-0.05, 0) is 49.1 Å². The first-order valence-corrected chi connectivity index (χ1v) is 13.8. The van der Waals surface area contributed by atoms with Crippen LogP contribution in [0.4, 0.5) is 10.5 Å². The lowest BCUT2D eigenvalue weighted by atomic mass is 9.98. The van der Waals surface area contributed by atoms with Gasteiger partial charge in [0, 0.05) is 6.07 Å². The van der Waals surface area contributed by atoms with Crippen LogP contribution in [0, 0.1) is 0 Å². The number of aliphatic hydroxyl groups is 1. The minimum atomic E-state index is -4.15. The third kappa shape index (κ3) is 6.73. The number of nitrogens with zero attached hydrogens (tertiary/aromatic N) is 1. The van der Waals surface area contributed by atoms with Crippen LogP contribution >= 0.6 is 0 Å². The van der Waals surface area contributed by atoms with Crippen molar-refractivity contribution in [2.75, 3.05) is 12.0 Å². The third-order valence-electron chi connectivity index (χ3n) is 6.60. The van der Waals surface area contributed by atoms with Crippen LogP contribution in [-0.4, -0.2) is 56.3 Å². The predicted octanol–water partition coefficient (Wildman–Crippen LogP) is 4.01. The maximum atomic E-state index is 13.3. The number of carboxylic acid groups (broad SMARTS) is 1. The summed E-state index contributed by atoms with van der Waals surface area (Å²) in [6.45, 7) is 0. The van der Waals surface area contributed by atoms with Crippen molar-refractivity contribution in [3.05, 3.63) is 78.8 Å². The summed E-state index contributed by atoms with van der Waals surface area (Å²) in [4.78, 5) is 13.4. The number of ether oxygens (including phenoxy) is 2. The van der Waals surface area contributed by atoms with Gasteiger partial charge in [-0.15, -0.1) is 0 Å². The van der Waals surface area contributed by atoms with Gasteiger partial charge in [0.1, 0.15) is 24.3 Å². The van der Waals surface area contributed by atoms with Gasteiger partial charge in [0.05, 0.1) is 36.1 Å². The van der Waals surface area contributed by atoms with Crippen molar-refractivity contribution in [3.8, 4) is 5.75 Å². The van der Waals surface area contributed by atoms with Crippen LogP contribution in [0.5, 0.6) is 5.75 Å². The minimum absolute atomic E-state index is 0.0462. The van der Waals surface area contributed by atoms with Crippen molar-refractivity contribution in [2.45, 2.75) is 61.5 Å². The van der Waals surface area contributed by atoms with Gasteiger partial charge < -0.3 is 24.1 Å². The molecule has 0 spiro atoms. The van der Waals surface area contributed by atoms with E-state index in [9.17, 15) is 23.4 Å². The van der Waals surface area contributed by atoms with E-state index < -0.39 is 34.5 Å².